The molecule has 0 aliphatic heterocycles. The Morgan fingerprint density at radius 3 is 1.76 bits per heavy atom. The van der Waals surface area contributed by atoms with E-state index in [9.17, 15) is 5.11 Å². The molecule has 2 aromatic carbocycles. The topological polar surface area (TPSA) is 20.2 Å². The van der Waals surface area contributed by atoms with Crippen LogP contribution in [0.25, 0.3) is 0 Å². The van der Waals surface area contributed by atoms with Crippen LogP contribution in [0.5, 0.6) is 0 Å². The summed E-state index contributed by atoms with van der Waals surface area (Å²) in [5.41, 5.74) is 9.42. The molecule has 0 fully saturated rings. The largest absolute Gasteiger partial charge is 0.384 e. The Morgan fingerprint density at radius 1 is 0.810 bits per heavy atom. The SMILES string of the molecule is Cc1ccc(C(O)c2c(C)c(C)c(C)c(C)c2C)cc1Br. The van der Waals surface area contributed by atoms with Crippen molar-refractivity contribution in [3.63, 3.8) is 0 Å². The maximum atomic E-state index is 10.9. The highest BCUT2D eigenvalue weighted by atomic mass is 79.9. The van der Waals surface area contributed by atoms with Gasteiger partial charge < -0.3 is 5.11 Å². The summed E-state index contributed by atoms with van der Waals surface area (Å²) in [7, 11) is 0. The first-order valence-corrected chi connectivity index (χ1v) is 8.06. The van der Waals surface area contributed by atoms with E-state index in [4.69, 9.17) is 0 Å². The van der Waals surface area contributed by atoms with Gasteiger partial charge in [-0.15, -0.1) is 0 Å². The van der Waals surface area contributed by atoms with E-state index in [0.29, 0.717) is 0 Å². The molecule has 0 bridgehead atoms. The van der Waals surface area contributed by atoms with Crippen molar-refractivity contribution in [3.8, 4) is 0 Å². The van der Waals surface area contributed by atoms with Crippen LogP contribution in [-0.2, 0) is 0 Å². The van der Waals surface area contributed by atoms with Crippen molar-refractivity contribution in [2.75, 3.05) is 0 Å². The zero-order chi connectivity index (χ0) is 15.9. The fourth-order valence-electron chi connectivity index (χ4n) is 2.89. The molecule has 1 atom stereocenters. The predicted octanol–water partition coefficient (Wildman–Crippen LogP) is 5.38. The third-order valence-electron chi connectivity index (χ3n) is 4.84. The van der Waals surface area contributed by atoms with Crippen molar-refractivity contribution in [3.05, 3.63) is 67.2 Å². The summed E-state index contributed by atoms with van der Waals surface area (Å²) in [4.78, 5) is 0. The number of hydrogen-bond donors (Lipinski definition) is 1. The van der Waals surface area contributed by atoms with Crippen molar-refractivity contribution in [2.45, 2.75) is 47.6 Å². The Hall–Kier alpha value is -1.12. The van der Waals surface area contributed by atoms with Crippen LogP contribution < -0.4 is 0 Å². The molecule has 2 aromatic rings. The molecule has 1 unspecified atom stereocenters. The third kappa shape index (κ3) is 2.79. The van der Waals surface area contributed by atoms with E-state index in [1.54, 1.807) is 0 Å². The van der Waals surface area contributed by atoms with Gasteiger partial charge in [0.25, 0.3) is 0 Å². The summed E-state index contributed by atoms with van der Waals surface area (Å²) in [5.74, 6) is 0. The quantitative estimate of drug-likeness (QED) is 0.773. The molecule has 21 heavy (non-hydrogen) atoms. The first-order chi connectivity index (χ1) is 9.75. The van der Waals surface area contributed by atoms with E-state index >= 15 is 0 Å². The van der Waals surface area contributed by atoms with Crippen LogP contribution in [0.1, 0.15) is 50.6 Å². The van der Waals surface area contributed by atoms with E-state index in [-0.39, 0.29) is 0 Å². The van der Waals surface area contributed by atoms with Gasteiger partial charge in [-0.2, -0.15) is 0 Å². The van der Waals surface area contributed by atoms with Crippen LogP contribution in [0.2, 0.25) is 0 Å². The van der Waals surface area contributed by atoms with E-state index in [2.05, 4.69) is 57.5 Å². The molecule has 0 saturated heterocycles. The van der Waals surface area contributed by atoms with Crippen LogP contribution >= 0.6 is 15.9 Å². The highest BCUT2D eigenvalue weighted by Crippen LogP contribution is 2.34. The van der Waals surface area contributed by atoms with Crippen LogP contribution in [0.3, 0.4) is 0 Å². The second kappa shape index (κ2) is 5.94. The molecule has 0 saturated carbocycles. The maximum Gasteiger partial charge on any atom is 0.105 e. The number of benzene rings is 2. The minimum Gasteiger partial charge on any atom is -0.384 e. The third-order valence-corrected chi connectivity index (χ3v) is 5.70. The summed E-state index contributed by atoms with van der Waals surface area (Å²) in [6.07, 6.45) is -0.583. The van der Waals surface area contributed by atoms with Crippen molar-refractivity contribution in [1.29, 1.82) is 0 Å². The van der Waals surface area contributed by atoms with Gasteiger partial charge in [-0.25, -0.2) is 0 Å². The highest BCUT2D eigenvalue weighted by Gasteiger charge is 2.20. The zero-order valence-corrected chi connectivity index (χ0v) is 15.2. The molecular formula is C19H23BrO. The highest BCUT2D eigenvalue weighted by molar-refractivity contribution is 9.10. The lowest BCUT2D eigenvalue weighted by Gasteiger charge is -2.23. The smallest absolute Gasteiger partial charge is 0.105 e. The van der Waals surface area contributed by atoms with Gasteiger partial charge in [0, 0.05) is 4.47 Å². The van der Waals surface area contributed by atoms with Gasteiger partial charge in [0.15, 0.2) is 0 Å². The van der Waals surface area contributed by atoms with E-state index in [1.165, 1.54) is 33.4 Å². The summed E-state index contributed by atoms with van der Waals surface area (Å²) in [6, 6.07) is 6.07. The Bertz CT molecular complexity index is 672. The van der Waals surface area contributed by atoms with E-state index in [1.807, 2.05) is 18.2 Å². The average molecular weight is 347 g/mol. The fraction of sp³-hybridized carbons (Fsp3) is 0.368. The maximum absolute atomic E-state index is 10.9. The van der Waals surface area contributed by atoms with Gasteiger partial charge in [0.2, 0.25) is 0 Å². The number of aliphatic hydroxyl groups is 1. The minimum atomic E-state index is -0.583. The summed E-state index contributed by atoms with van der Waals surface area (Å²) in [5, 5.41) is 10.9. The number of aliphatic hydroxyl groups excluding tert-OH is 1. The Kier molecular flexibility index (Phi) is 4.60. The molecule has 2 rings (SSSR count). The molecule has 2 heteroatoms. The monoisotopic (exact) mass is 346 g/mol. The molecule has 0 aliphatic carbocycles. The number of rotatable bonds is 2. The van der Waals surface area contributed by atoms with Crippen molar-refractivity contribution >= 4 is 15.9 Å². The summed E-state index contributed by atoms with van der Waals surface area (Å²) in [6.45, 7) is 12.7. The molecule has 112 valence electrons. The predicted molar refractivity (Wildman–Crippen MR) is 93.1 cm³/mol. The number of aryl methyl sites for hydroxylation is 1. The standard InChI is InChI=1S/C19H23BrO/c1-10-7-8-16(9-17(10)20)19(21)18-14(5)12(3)11(2)13(4)15(18)6/h7-9,19,21H,1-6H3. The van der Waals surface area contributed by atoms with Crippen LogP contribution in [0.4, 0.5) is 0 Å². The van der Waals surface area contributed by atoms with Crippen LogP contribution in [-0.4, -0.2) is 5.11 Å². The first-order valence-electron chi connectivity index (χ1n) is 7.26. The van der Waals surface area contributed by atoms with Gasteiger partial charge in [-0.3, -0.25) is 0 Å². The zero-order valence-electron chi connectivity index (χ0n) is 13.6. The van der Waals surface area contributed by atoms with Gasteiger partial charge in [0.1, 0.15) is 6.10 Å². The lowest BCUT2D eigenvalue weighted by molar-refractivity contribution is 0.218. The van der Waals surface area contributed by atoms with Gasteiger partial charge >= 0.3 is 0 Å². The Morgan fingerprint density at radius 2 is 1.29 bits per heavy atom. The molecular weight excluding hydrogens is 324 g/mol. The fourth-order valence-corrected chi connectivity index (χ4v) is 3.28. The Balaban J connectivity index is 2.63. The average Bonchev–Trinajstić information content (AvgIpc) is 2.46. The molecule has 1 N–H and O–H groups in total. The normalized spacial score (nSPS) is 12.6. The lowest BCUT2D eigenvalue weighted by Crippen LogP contribution is -2.09. The number of halogens is 1. The second-order valence-corrected chi connectivity index (χ2v) is 6.80. The first kappa shape index (κ1) is 16.3. The molecule has 1 nitrogen and oxygen atoms in total. The molecule has 0 spiro atoms. The van der Waals surface area contributed by atoms with E-state index < -0.39 is 6.10 Å². The second-order valence-electron chi connectivity index (χ2n) is 5.95. The van der Waals surface area contributed by atoms with Gasteiger partial charge in [-0.1, -0.05) is 28.1 Å². The molecule has 0 heterocycles. The van der Waals surface area contributed by atoms with Crippen molar-refractivity contribution < 1.29 is 5.11 Å². The lowest BCUT2D eigenvalue weighted by atomic mass is 9.85. The van der Waals surface area contributed by atoms with Crippen LogP contribution in [0, 0.1) is 41.5 Å². The van der Waals surface area contributed by atoms with Gasteiger partial charge in [0.05, 0.1) is 0 Å². The molecule has 0 radical (unpaired) electrons. The molecule has 0 amide bonds. The van der Waals surface area contributed by atoms with E-state index in [0.717, 1.165) is 15.6 Å². The molecule has 0 aromatic heterocycles. The van der Waals surface area contributed by atoms with Gasteiger partial charge in [-0.05, 0) is 92.1 Å². The minimum absolute atomic E-state index is 0.583. The number of hydrogen-bond acceptors (Lipinski definition) is 1. The Labute approximate surface area is 136 Å². The van der Waals surface area contributed by atoms with Crippen LogP contribution in [0.15, 0.2) is 22.7 Å². The summed E-state index contributed by atoms with van der Waals surface area (Å²) < 4.78 is 1.04. The molecule has 0 aliphatic rings. The van der Waals surface area contributed by atoms with Crippen molar-refractivity contribution in [1.82, 2.24) is 0 Å². The summed E-state index contributed by atoms with van der Waals surface area (Å²) >= 11 is 3.55. The van der Waals surface area contributed by atoms with Crippen molar-refractivity contribution in [2.24, 2.45) is 0 Å².